The molecule has 6 nitrogen and oxygen atoms in total. The summed E-state index contributed by atoms with van der Waals surface area (Å²) in [5.74, 6) is -1.63. The molecule has 0 unspecified atom stereocenters. The van der Waals surface area contributed by atoms with Crippen molar-refractivity contribution in [2.24, 2.45) is 0 Å². The molecule has 0 heterocycles. The average molecular weight is 388 g/mol. The van der Waals surface area contributed by atoms with Crippen molar-refractivity contribution in [2.75, 3.05) is 6.61 Å². The van der Waals surface area contributed by atoms with E-state index < -0.39 is 29.5 Å². The van der Waals surface area contributed by atoms with Gasteiger partial charge in [-0.05, 0) is 52.3 Å². The Bertz CT molecular complexity index is 672. The number of ether oxygens (including phenoxy) is 2. The maximum absolute atomic E-state index is 13.2. The molecule has 1 rings (SSSR count). The summed E-state index contributed by atoms with van der Waals surface area (Å²) >= 11 is 5.67. The highest BCUT2D eigenvalue weighted by molar-refractivity contribution is 6.31. The molecule has 1 atom stereocenters. The van der Waals surface area contributed by atoms with Gasteiger partial charge in [-0.15, -0.1) is 0 Å². The van der Waals surface area contributed by atoms with E-state index in [1.807, 2.05) is 0 Å². The summed E-state index contributed by atoms with van der Waals surface area (Å²) in [5, 5.41) is 2.25. The van der Waals surface area contributed by atoms with Crippen LogP contribution >= 0.6 is 11.6 Å². The maximum Gasteiger partial charge on any atom is 0.408 e. The Morgan fingerprint density at radius 1 is 1.27 bits per heavy atom. The number of alkyl carbamates (subject to hydrolysis) is 1. The van der Waals surface area contributed by atoms with Gasteiger partial charge in [0.1, 0.15) is 17.5 Å². The van der Waals surface area contributed by atoms with Crippen LogP contribution in [0, 0.1) is 5.82 Å². The number of Topliss-reactive ketones (excluding diaryl/α,β-unsaturated/α-hetero) is 1. The molecule has 1 aromatic rings. The lowest BCUT2D eigenvalue weighted by atomic mass is 10.0. The fourth-order valence-corrected chi connectivity index (χ4v) is 2.21. The normalized spacial score (nSPS) is 12.2. The first-order valence-electron chi connectivity index (χ1n) is 8.18. The molecule has 0 aliphatic rings. The van der Waals surface area contributed by atoms with Crippen molar-refractivity contribution in [3.05, 3.63) is 34.6 Å². The summed E-state index contributed by atoms with van der Waals surface area (Å²) in [6.45, 7) is 6.83. The Morgan fingerprint density at radius 3 is 2.46 bits per heavy atom. The minimum atomic E-state index is -1.04. The molecule has 0 saturated heterocycles. The van der Waals surface area contributed by atoms with E-state index in [1.165, 1.54) is 12.1 Å². The van der Waals surface area contributed by atoms with E-state index in [0.717, 1.165) is 6.07 Å². The molecule has 0 saturated carbocycles. The Balaban J connectivity index is 2.75. The molecule has 1 amide bonds. The van der Waals surface area contributed by atoms with E-state index in [9.17, 15) is 18.8 Å². The molecular weight excluding hydrogens is 365 g/mol. The van der Waals surface area contributed by atoms with Crippen LogP contribution in [0.5, 0.6) is 0 Å². The highest BCUT2D eigenvalue weighted by atomic mass is 35.5. The number of carbonyl (C=O) groups is 3. The number of halogens is 2. The number of ketones is 1. The SMILES string of the molecule is CCOC(=O)[C@@H](CCC(=O)c1ccc(F)c(Cl)c1)NC(=O)OC(C)(C)C. The highest BCUT2D eigenvalue weighted by Gasteiger charge is 2.26. The van der Waals surface area contributed by atoms with Crippen LogP contribution in [0.15, 0.2) is 18.2 Å². The van der Waals surface area contributed by atoms with Gasteiger partial charge in [-0.1, -0.05) is 11.6 Å². The molecule has 0 radical (unpaired) electrons. The zero-order valence-corrected chi connectivity index (χ0v) is 16.0. The maximum atomic E-state index is 13.2. The largest absolute Gasteiger partial charge is 0.464 e. The number of esters is 1. The van der Waals surface area contributed by atoms with Crippen LogP contribution in [0.4, 0.5) is 9.18 Å². The van der Waals surface area contributed by atoms with Crippen molar-refractivity contribution in [3.8, 4) is 0 Å². The number of rotatable bonds is 7. The van der Waals surface area contributed by atoms with Crippen LogP contribution in [0.2, 0.25) is 5.02 Å². The van der Waals surface area contributed by atoms with Gasteiger partial charge in [0.25, 0.3) is 0 Å². The lowest BCUT2D eigenvalue weighted by Gasteiger charge is -2.22. The summed E-state index contributed by atoms with van der Waals surface area (Å²) < 4.78 is 23.2. The first kappa shape index (κ1) is 21.9. The van der Waals surface area contributed by atoms with Crippen molar-refractivity contribution >= 4 is 29.4 Å². The molecule has 0 fully saturated rings. The molecule has 0 spiro atoms. The zero-order chi connectivity index (χ0) is 19.9. The molecule has 26 heavy (non-hydrogen) atoms. The lowest BCUT2D eigenvalue weighted by molar-refractivity contribution is -0.145. The van der Waals surface area contributed by atoms with E-state index in [-0.39, 0.29) is 35.8 Å². The van der Waals surface area contributed by atoms with Gasteiger partial charge in [-0.2, -0.15) is 0 Å². The van der Waals surface area contributed by atoms with E-state index in [1.54, 1.807) is 27.7 Å². The third-order valence-electron chi connectivity index (χ3n) is 3.16. The molecule has 0 aromatic heterocycles. The Hall–Kier alpha value is -2.15. The van der Waals surface area contributed by atoms with Crippen molar-refractivity contribution in [1.82, 2.24) is 5.32 Å². The van der Waals surface area contributed by atoms with Crippen LogP contribution in [0.25, 0.3) is 0 Å². The molecule has 0 aliphatic heterocycles. The third-order valence-corrected chi connectivity index (χ3v) is 3.45. The van der Waals surface area contributed by atoms with Crippen molar-refractivity contribution in [2.45, 2.75) is 52.2 Å². The van der Waals surface area contributed by atoms with Gasteiger partial charge in [-0.3, -0.25) is 4.79 Å². The minimum Gasteiger partial charge on any atom is -0.464 e. The molecular formula is C18H23ClFNO5. The molecule has 0 aliphatic carbocycles. The van der Waals surface area contributed by atoms with Crippen molar-refractivity contribution in [3.63, 3.8) is 0 Å². The Labute approximate surface area is 157 Å². The van der Waals surface area contributed by atoms with E-state index >= 15 is 0 Å². The predicted octanol–water partition coefficient (Wildman–Crippen LogP) is 3.90. The Morgan fingerprint density at radius 2 is 1.92 bits per heavy atom. The molecule has 1 aromatic carbocycles. The second-order valence-electron chi connectivity index (χ2n) is 6.54. The van der Waals surface area contributed by atoms with Gasteiger partial charge in [0, 0.05) is 12.0 Å². The standard InChI is InChI=1S/C18H23ClFNO5/c1-5-25-16(23)14(21-17(24)26-18(2,3)4)8-9-15(22)11-6-7-13(20)12(19)10-11/h6-7,10,14H,5,8-9H2,1-4H3,(H,21,24)/t14-/m1/s1. The Kier molecular flexibility index (Phi) is 8.02. The summed E-state index contributed by atoms with van der Waals surface area (Å²) in [5.41, 5.74) is -0.513. The summed E-state index contributed by atoms with van der Waals surface area (Å²) in [6.07, 6.45) is -0.847. The first-order valence-corrected chi connectivity index (χ1v) is 8.55. The van der Waals surface area contributed by atoms with Gasteiger partial charge in [0.2, 0.25) is 0 Å². The van der Waals surface area contributed by atoms with E-state index in [2.05, 4.69) is 5.32 Å². The van der Waals surface area contributed by atoms with Crippen LogP contribution < -0.4 is 5.32 Å². The number of nitrogens with one attached hydrogen (secondary N) is 1. The van der Waals surface area contributed by atoms with Gasteiger partial charge in [0.05, 0.1) is 11.6 Å². The van der Waals surface area contributed by atoms with Crippen LogP contribution in [0.1, 0.15) is 50.9 Å². The van der Waals surface area contributed by atoms with Crippen LogP contribution in [-0.2, 0) is 14.3 Å². The van der Waals surface area contributed by atoms with Crippen molar-refractivity contribution < 1.29 is 28.2 Å². The van der Waals surface area contributed by atoms with Gasteiger partial charge in [0.15, 0.2) is 5.78 Å². The zero-order valence-electron chi connectivity index (χ0n) is 15.2. The molecule has 0 bridgehead atoms. The first-order chi connectivity index (χ1) is 12.0. The number of carbonyl (C=O) groups excluding carboxylic acids is 3. The van der Waals surface area contributed by atoms with Crippen LogP contribution in [0.3, 0.4) is 0 Å². The highest BCUT2D eigenvalue weighted by Crippen LogP contribution is 2.18. The van der Waals surface area contributed by atoms with Gasteiger partial charge >= 0.3 is 12.1 Å². The second kappa shape index (κ2) is 9.52. The summed E-state index contributed by atoms with van der Waals surface area (Å²) in [4.78, 5) is 36.1. The number of hydrogen-bond acceptors (Lipinski definition) is 5. The summed E-state index contributed by atoms with van der Waals surface area (Å²) in [7, 11) is 0. The minimum absolute atomic E-state index is 0.00586. The topological polar surface area (TPSA) is 81.7 Å². The summed E-state index contributed by atoms with van der Waals surface area (Å²) in [6, 6.07) is 2.59. The monoisotopic (exact) mass is 387 g/mol. The number of amides is 1. The smallest absolute Gasteiger partial charge is 0.408 e. The fraction of sp³-hybridized carbons (Fsp3) is 0.500. The number of hydrogen-bond donors (Lipinski definition) is 1. The quantitative estimate of drug-likeness (QED) is 0.566. The lowest BCUT2D eigenvalue weighted by Crippen LogP contribution is -2.44. The average Bonchev–Trinajstić information content (AvgIpc) is 2.52. The third kappa shape index (κ3) is 7.39. The predicted molar refractivity (Wildman–Crippen MR) is 94.8 cm³/mol. The molecule has 144 valence electrons. The van der Waals surface area contributed by atoms with Crippen LogP contribution in [-0.4, -0.2) is 36.1 Å². The van der Waals surface area contributed by atoms with Gasteiger partial charge < -0.3 is 14.8 Å². The molecule has 8 heteroatoms. The second-order valence-corrected chi connectivity index (χ2v) is 6.95. The fourth-order valence-electron chi connectivity index (χ4n) is 2.03. The van der Waals surface area contributed by atoms with E-state index in [0.29, 0.717) is 0 Å². The molecule has 1 N–H and O–H groups in total. The van der Waals surface area contributed by atoms with Gasteiger partial charge in [-0.25, -0.2) is 14.0 Å². The van der Waals surface area contributed by atoms with E-state index in [4.69, 9.17) is 21.1 Å². The number of benzene rings is 1. The van der Waals surface area contributed by atoms with Crippen molar-refractivity contribution in [1.29, 1.82) is 0 Å².